The van der Waals surface area contributed by atoms with Crippen molar-refractivity contribution in [2.24, 2.45) is 40.4 Å². The number of benzene rings is 1. The Kier molecular flexibility index (Phi) is 7.03. The first kappa shape index (κ1) is 29.0. The van der Waals surface area contributed by atoms with Gasteiger partial charge >= 0.3 is 6.18 Å². The quantitative estimate of drug-likeness (QED) is 0.407. The van der Waals surface area contributed by atoms with Gasteiger partial charge in [-0.05, 0) is 111 Å². The molecule has 1 aromatic heterocycles. The van der Waals surface area contributed by atoms with E-state index < -0.39 is 23.4 Å². The van der Waals surface area contributed by atoms with Crippen LogP contribution in [0.25, 0.3) is 11.0 Å². The van der Waals surface area contributed by atoms with Crippen LogP contribution in [-0.4, -0.2) is 51.4 Å². The van der Waals surface area contributed by atoms with Gasteiger partial charge in [0.2, 0.25) is 0 Å². The molecule has 11 heteroatoms. The number of carbonyl (C=O) groups excluding carboxylic acids is 1. The first-order valence-electron chi connectivity index (χ1n) is 14.8. The molecule has 6 nitrogen and oxygen atoms in total. The molecule has 1 heterocycles. The summed E-state index contributed by atoms with van der Waals surface area (Å²) < 4.78 is 76.1. The molecular formula is C30H38F5N3O3. The fourth-order valence-electron chi connectivity index (χ4n) is 9.98. The molecule has 0 spiro atoms. The average Bonchev–Trinajstić information content (AvgIpc) is 3.50. The van der Waals surface area contributed by atoms with Crippen molar-refractivity contribution in [1.82, 2.24) is 15.0 Å². The zero-order valence-corrected chi connectivity index (χ0v) is 23.5. The number of Topliss-reactive ketones (excluding diaryl/α,β-unsaturated/α-hetero) is 1. The molecule has 4 fully saturated rings. The number of hydrogen-bond acceptors (Lipinski definition) is 5. The highest BCUT2D eigenvalue weighted by atomic mass is 19.4. The molecule has 0 bridgehead atoms. The zero-order chi connectivity index (χ0) is 29.4. The van der Waals surface area contributed by atoms with E-state index in [1.54, 1.807) is 7.11 Å². The molecule has 4 saturated carbocycles. The third-order valence-electron chi connectivity index (χ3n) is 12.0. The lowest BCUT2D eigenvalue weighted by molar-refractivity contribution is -0.292. The van der Waals surface area contributed by atoms with Gasteiger partial charge in [0, 0.05) is 19.6 Å². The Balaban J connectivity index is 1.23. The number of aromatic nitrogens is 3. The van der Waals surface area contributed by atoms with Crippen LogP contribution in [0.15, 0.2) is 12.1 Å². The van der Waals surface area contributed by atoms with Gasteiger partial charge in [0.25, 0.3) is 0 Å². The fraction of sp³-hybridized carbons (Fsp3) is 0.767. The van der Waals surface area contributed by atoms with Crippen molar-refractivity contribution in [3.05, 3.63) is 23.8 Å². The van der Waals surface area contributed by atoms with Crippen molar-refractivity contribution < 1.29 is 36.6 Å². The van der Waals surface area contributed by atoms with E-state index in [9.17, 15) is 31.9 Å². The van der Waals surface area contributed by atoms with Gasteiger partial charge in [-0.1, -0.05) is 12.1 Å². The van der Waals surface area contributed by atoms with Crippen LogP contribution in [0.3, 0.4) is 0 Å². The predicted molar refractivity (Wildman–Crippen MR) is 139 cm³/mol. The minimum absolute atomic E-state index is 0.000623. The number of ether oxygens (including phenoxy) is 1. The number of methoxy groups -OCH3 is 1. The maximum Gasteiger partial charge on any atom is 0.417 e. The highest BCUT2D eigenvalue weighted by Crippen LogP contribution is 2.69. The van der Waals surface area contributed by atoms with Crippen molar-refractivity contribution in [3.8, 4) is 0 Å². The SMILES string of the molecule is COCC[C@]12CC[C@](O)(C(F)(F)F)CC1CC[C@@H]1[C@@H]2CC[C@]2(C)[C@@H](C(=O)Cn3nnc4c(F)c(F)ccc43)CC[C@@H]12. The number of halogens is 5. The van der Waals surface area contributed by atoms with E-state index in [-0.39, 0.29) is 70.7 Å². The van der Waals surface area contributed by atoms with E-state index in [0.717, 1.165) is 38.2 Å². The number of hydrogen-bond donors (Lipinski definition) is 1. The second-order valence-corrected chi connectivity index (χ2v) is 13.5. The molecule has 4 aliphatic rings. The lowest BCUT2D eigenvalue weighted by Crippen LogP contribution is -2.60. The van der Waals surface area contributed by atoms with Crippen LogP contribution in [0, 0.1) is 52.1 Å². The molecule has 2 aromatic rings. The number of alkyl halides is 3. The lowest BCUT2D eigenvalue weighted by Gasteiger charge is -2.63. The monoisotopic (exact) mass is 583 g/mol. The van der Waals surface area contributed by atoms with E-state index in [1.807, 2.05) is 0 Å². The highest BCUT2D eigenvalue weighted by Gasteiger charge is 2.66. The lowest BCUT2D eigenvalue weighted by atomic mass is 9.42. The van der Waals surface area contributed by atoms with E-state index in [4.69, 9.17) is 4.74 Å². The summed E-state index contributed by atoms with van der Waals surface area (Å²) in [6.45, 7) is 2.59. The van der Waals surface area contributed by atoms with Gasteiger partial charge in [-0.3, -0.25) is 4.79 Å². The van der Waals surface area contributed by atoms with Crippen LogP contribution in [0.1, 0.15) is 71.1 Å². The minimum atomic E-state index is -4.64. The maximum absolute atomic E-state index is 14.2. The van der Waals surface area contributed by atoms with E-state index in [2.05, 4.69) is 17.2 Å². The first-order valence-corrected chi connectivity index (χ1v) is 14.8. The molecule has 0 amide bonds. The Morgan fingerprint density at radius 3 is 2.61 bits per heavy atom. The third-order valence-corrected chi connectivity index (χ3v) is 12.0. The Morgan fingerprint density at radius 2 is 1.88 bits per heavy atom. The van der Waals surface area contributed by atoms with Crippen LogP contribution in [0.2, 0.25) is 0 Å². The number of nitrogens with zero attached hydrogens (tertiary/aromatic N) is 3. The summed E-state index contributed by atoms with van der Waals surface area (Å²) >= 11 is 0. The molecule has 0 radical (unpaired) electrons. The molecular weight excluding hydrogens is 545 g/mol. The Hall–Kier alpha value is -2.14. The van der Waals surface area contributed by atoms with Crippen LogP contribution < -0.4 is 0 Å². The Morgan fingerprint density at radius 1 is 1.10 bits per heavy atom. The standard InChI is InChI=1S/C30H38F5N3O3/c1-27-10-9-20-18(4-3-17-15-29(40,30(33,34)35)12-11-28(17,20)13-14-41-2)19(27)5-6-21(27)24(39)16-38-23-8-7-22(31)25(32)26(23)36-37-38/h7-8,17-21,40H,3-6,9-16H2,1-2H3/t17?,18-,19-,20-,21+,27-,28+,29+/m0/s1. The van der Waals surface area contributed by atoms with E-state index in [0.29, 0.717) is 31.8 Å². The Bertz CT molecular complexity index is 1330. The van der Waals surface area contributed by atoms with Gasteiger partial charge in [0.15, 0.2) is 28.5 Å². The molecule has 4 aliphatic carbocycles. The van der Waals surface area contributed by atoms with Crippen molar-refractivity contribution in [1.29, 1.82) is 0 Å². The van der Waals surface area contributed by atoms with Crippen LogP contribution >= 0.6 is 0 Å². The molecule has 1 aromatic carbocycles. The summed E-state index contributed by atoms with van der Waals surface area (Å²) in [5, 5.41) is 18.3. The van der Waals surface area contributed by atoms with Gasteiger partial charge < -0.3 is 9.84 Å². The zero-order valence-electron chi connectivity index (χ0n) is 23.5. The number of rotatable bonds is 6. The largest absolute Gasteiger partial charge is 0.417 e. The van der Waals surface area contributed by atoms with Crippen molar-refractivity contribution in [2.75, 3.05) is 13.7 Å². The van der Waals surface area contributed by atoms with Gasteiger partial charge in [0.1, 0.15) is 6.54 Å². The van der Waals surface area contributed by atoms with Crippen molar-refractivity contribution >= 4 is 16.8 Å². The van der Waals surface area contributed by atoms with Crippen LogP contribution in [0.5, 0.6) is 0 Å². The van der Waals surface area contributed by atoms with Crippen LogP contribution in [-0.2, 0) is 16.1 Å². The summed E-state index contributed by atoms with van der Waals surface area (Å²) in [6.07, 6.45) is 0.538. The summed E-state index contributed by atoms with van der Waals surface area (Å²) in [5.41, 5.74) is -3.11. The van der Waals surface area contributed by atoms with Crippen molar-refractivity contribution in [2.45, 2.75) is 89.5 Å². The predicted octanol–water partition coefficient (Wildman–Crippen LogP) is 6.25. The number of carbonyl (C=O) groups is 1. The fourth-order valence-corrected chi connectivity index (χ4v) is 9.98. The summed E-state index contributed by atoms with van der Waals surface area (Å²) in [4.78, 5) is 13.7. The van der Waals surface area contributed by atoms with Gasteiger partial charge in [-0.15, -0.1) is 5.10 Å². The molecule has 0 saturated heterocycles. The molecule has 41 heavy (non-hydrogen) atoms. The van der Waals surface area contributed by atoms with Gasteiger partial charge in [-0.2, -0.15) is 13.2 Å². The summed E-state index contributed by atoms with van der Waals surface area (Å²) in [6, 6.07) is 2.39. The van der Waals surface area contributed by atoms with Crippen LogP contribution in [0.4, 0.5) is 22.0 Å². The maximum atomic E-state index is 14.2. The second kappa shape index (κ2) is 9.96. The Labute approximate surface area is 236 Å². The van der Waals surface area contributed by atoms with Crippen molar-refractivity contribution in [3.63, 3.8) is 0 Å². The second-order valence-electron chi connectivity index (χ2n) is 13.5. The average molecular weight is 584 g/mol. The molecule has 6 rings (SSSR count). The first-order chi connectivity index (χ1) is 19.3. The summed E-state index contributed by atoms with van der Waals surface area (Å²) in [5.74, 6) is -1.71. The number of ketones is 1. The van der Waals surface area contributed by atoms with E-state index in [1.165, 1.54) is 10.7 Å². The van der Waals surface area contributed by atoms with Gasteiger partial charge in [-0.25, -0.2) is 13.5 Å². The molecule has 8 atom stereocenters. The summed E-state index contributed by atoms with van der Waals surface area (Å²) in [7, 11) is 1.62. The van der Waals surface area contributed by atoms with Gasteiger partial charge in [0.05, 0.1) is 5.52 Å². The topological polar surface area (TPSA) is 77.2 Å². The normalized spacial score (nSPS) is 38.9. The highest BCUT2D eigenvalue weighted by molar-refractivity contribution is 5.84. The van der Waals surface area contributed by atoms with E-state index >= 15 is 0 Å². The number of aliphatic hydroxyl groups is 1. The molecule has 0 aliphatic heterocycles. The smallest absolute Gasteiger partial charge is 0.385 e. The minimum Gasteiger partial charge on any atom is -0.385 e. The molecule has 1 unspecified atom stereocenters. The molecule has 1 N–H and O–H groups in total. The molecule has 226 valence electrons. The number of fused-ring (bicyclic) bond motifs is 6. The third kappa shape index (κ3) is 4.34.